The second-order valence-electron chi connectivity index (χ2n) is 4.30. The third-order valence-electron chi connectivity index (χ3n) is 3.07. The molecule has 0 aliphatic rings. The Labute approximate surface area is 116 Å². The number of nitrogens with zero attached hydrogens (tertiary/aromatic N) is 3. The summed E-state index contributed by atoms with van der Waals surface area (Å²) < 4.78 is 2.04. The number of aromatic nitrogens is 3. The van der Waals surface area contributed by atoms with Gasteiger partial charge in [0.25, 0.3) is 0 Å². The monoisotopic (exact) mass is 269 g/mol. The van der Waals surface area contributed by atoms with E-state index in [-0.39, 0.29) is 0 Å². The molecule has 0 fully saturated rings. The molecule has 0 unspecified atom stereocenters. The van der Waals surface area contributed by atoms with Crippen LogP contribution in [0.3, 0.4) is 0 Å². The number of aryl methyl sites for hydroxylation is 1. The smallest absolute Gasteiger partial charge is 0.159 e. The van der Waals surface area contributed by atoms with Gasteiger partial charge in [-0.05, 0) is 24.3 Å². The van der Waals surface area contributed by atoms with Crippen molar-refractivity contribution in [2.24, 2.45) is 7.05 Å². The predicted octanol–water partition coefficient (Wildman–Crippen LogP) is 3.79. The van der Waals surface area contributed by atoms with Crippen molar-refractivity contribution in [2.45, 2.75) is 0 Å². The molecule has 0 radical (unpaired) electrons. The number of hydrogen-bond acceptors (Lipinski definition) is 2. The lowest BCUT2D eigenvalue weighted by molar-refractivity contribution is 0.915. The van der Waals surface area contributed by atoms with Crippen LogP contribution in [0, 0.1) is 0 Å². The van der Waals surface area contributed by atoms with Crippen LogP contribution in [0.25, 0.3) is 22.9 Å². The van der Waals surface area contributed by atoms with Crippen molar-refractivity contribution in [3.8, 4) is 0 Å². The second-order valence-corrected chi connectivity index (χ2v) is 4.66. The van der Waals surface area contributed by atoms with Crippen molar-refractivity contribution in [1.29, 1.82) is 0 Å². The number of benzene rings is 1. The molecule has 3 nitrogen and oxygen atoms in total. The Kier molecular flexibility index (Phi) is 3.05. The maximum Gasteiger partial charge on any atom is 0.159 e. The van der Waals surface area contributed by atoms with E-state index in [2.05, 4.69) is 10.2 Å². The molecule has 0 spiro atoms. The summed E-state index contributed by atoms with van der Waals surface area (Å²) in [5.74, 6) is 0. The van der Waals surface area contributed by atoms with Crippen LogP contribution in [0.1, 0.15) is 11.4 Å². The molecule has 0 aliphatic heterocycles. The van der Waals surface area contributed by atoms with Crippen molar-refractivity contribution < 1.29 is 0 Å². The maximum atomic E-state index is 6.05. The molecule has 94 valence electrons. The fourth-order valence-corrected chi connectivity index (χ4v) is 2.23. The summed E-state index contributed by atoms with van der Waals surface area (Å²) >= 11 is 6.05. The molecule has 4 heteroatoms. The van der Waals surface area contributed by atoms with Gasteiger partial charge in [0.2, 0.25) is 0 Å². The Hall–Kier alpha value is -2.13. The SMILES string of the molecule is Cn1cccc1/C=C/c1nnc(Cl)c2ccccc12. The summed E-state index contributed by atoms with van der Waals surface area (Å²) in [6.45, 7) is 0. The molecular weight excluding hydrogens is 258 g/mol. The zero-order chi connectivity index (χ0) is 13.2. The highest BCUT2D eigenvalue weighted by Gasteiger charge is 2.04. The van der Waals surface area contributed by atoms with Crippen molar-refractivity contribution in [2.75, 3.05) is 0 Å². The average molecular weight is 270 g/mol. The Morgan fingerprint density at radius 3 is 2.53 bits per heavy atom. The summed E-state index contributed by atoms with van der Waals surface area (Å²) in [5, 5.41) is 10.5. The summed E-state index contributed by atoms with van der Waals surface area (Å²) in [5.41, 5.74) is 1.93. The zero-order valence-electron chi connectivity index (χ0n) is 10.4. The van der Waals surface area contributed by atoms with E-state index in [0.717, 1.165) is 22.2 Å². The predicted molar refractivity (Wildman–Crippen MR) is 78.9 cm³/mol. The van der Waals surface area contributed by atoms with Gasteiger partial charge in [0.1, 0.15) is 0 Å². The maximum absolute atomic E-state index is 6.05. The standard InChI is InChI=1S/C15H12ClN3/c1-19-10-4-5-11(19)8-9-14-12-6-2-3-7-13(12)15(16)18-17-14/h2-10H,1H3/b9-8+. The largest absolute Gasteiger partial charge is 0.351 e. The van der Waals surface area contributed by atoms with Crippen LogP contribution in [0.5, 0.6) is 0 Å². The first-order chi connectivity index (χ1) is 9.25. The van der Waals surface area contributed by atoms with Gasteiger partial charge < -0.3 is 4.57 Å². The van der Waals surface area contributed by atoms with Crippen molar-refractivity contribution >= 4 is 34.5 Å². The Balaban J connectivity index is 2.09. The summed E-state index contributed by atoms with van der Waals surface area (Å²) in [6.07, 6.45) is 5.98. The molecule has 3 rings (SSSR count). The van der Waals surface area contributed by atoms with Crippen LogP contribution in [-0.2, 0) is 7.05 Å². The van der Waals surface area contributed by atoms with E-state index in [1.807, 2.05) is 66.4 Å². The molecule has 0 bridgehead atoms. The molecule has 0 atom stereocenters. The molecule has 0 saturated carbocycles. The second kappa shape index (κ2) is 4.86. The summed E-state index contributed by atoms with van der Waals surface area (Å²) in [4.78, 5) is 0. The van der Waals surface area contributed by atoms with Crippen LogP contribution in [-0.4, -0.2) is 14.8 Å². The molecule has 2 heterocycles. The van der Waals surface area contributed by atoms with Gasteiger partial charge in [0, 0.05) is 29.7 Å². The first-order valence-electron chi connectivity index (χ1n) is 5.96. The highest BCUT2D eigenvalue weighted by Crippen LogP contribution is 2.23. The quantitative estimate of drug-likeness (QED) is 0.709. The lowest BCUT2D eigenvalue weighted by Gasteiger charge is -2.02. The van der Waals surface area contributed by atoms with Gasteiger partial charge in [-0.15, -0.1) is 10.2 Å². The topological polar surface area (TPSA) is 30.7 Å². The minimum atomic E-state index is 0.437. The molecule has 19 heavy (non-hydrogen) atoms. The molecule has 0 aliphatic carbocycles. The van der Waals surface area contributed by atoms with Crippen LogP contribution in [0.2, 0.25) is 5.15 Å². The molecule has 0 saturated heterocycles. The van der Waals surface area contributed by atoms with Crippen LogP contribution >= 0.6 is 11.6 Å². The van der Waals surface area contributed by atoms with Crippen molar-refractivity contribution in [3.05, 3.63) is 59.1 Å². The third kappa shape index (κ3) is 2.25. The number of halogens is 1. The number of rotatable bonds is 2. The minimum Gasteiger partial charge on any atom is -0.351 e. The minimum absolute atomic E-state index is 0.437. The summed E-state index contributed by atoms with van der Waals surface area (Å²) in [7, 11) is 2.01. The molecule has 0 amide bonds. The van der Waals surface area contributed by atoms with Crippen molar-refractivity contribution in [3.63, 3.8) is 0 Å². The van der Waals surface area contributed by atoms with Crippen LogP contribution in [0.15, 0.2) is 42.6 Å². The van der Waals surface area contributed by atoms with E-state index in [4.69, 9.17) is 11.6 Å². The van der Waals surface area contributed by atoms with Gasteiger partial charge in [0.05, 0.1) is 5.69 Å². The third-order valence-corrected chi connectivity index (χ3v) is 3.35. The van der Waals surface area contributed by atoms with Crippen LogP contribution < -0.4 is 0 Å². The fraction of sp³-hybridized carbons (Fsp3) is 0.0667. The molecule has 2 aromatic heterocycles. The number of hydrogen-bond donors (Lipinski definition) is 0. The molecule has 1 aromatic carbocycles. The van der Waals surface area contributed by atoms with Crippen molar-refractivity contribution in [1.82, 2.24) is 14.8 Å². The highest BCUT2D eigenvalue weighted by molar-refractivity contribution is 6.34. The van der Waals surface area contributed by atoms with E-state index in [0.29, 0.717) is 5.15 Å². The Morgan fingerprint density at radius 2 is 1.79 bits per heavy atom. The Bertz CT molecular complexity index is 759. The van der Waals surface area contributed by atoms with E-state index in [1.165, 1.54) is 0 Å². The number of fused-ring (bicyclic) bond motifs is 1. The molecule has 0 N–H and O–H groups in total. The van der Waals surface area contributed by atoms with E-state index in [9.17, 15) is 0 Å². The first-order valence-corrected chi connectivity index (χ1v) is 6.34. The van der Waals surface area contributed by atoms with Gasteiger partial charge >= 0.3 is 0 Å². The normalized spacial score (nSPS) is 11.5. The van der Waals surface area contributed by atoms with Crippen LogP contribution in [0.4, 0.5) is 0 Å². The van der Waals surface area contributed by atoms with E-state index >= 15 is 0 Å². The fourth-order valence-electron chi connectivity index (χ4n) is 2.03. The van der Waals surface area contributed by atoms with Gasteiger partial charge in [-0.1, -0.05) is 35.9 Å². The van der Waals surface area contributed by atoms with E-state index < -0.39 is 0 Å². The molecule has 3 aromatic rings. The zero-order valence-corrected chi connectivity index (χ0v) is 11.2. The Morgan fingerprint density at radius 1 is 1.00 bits per heavy atom. The van der Waals surface area contributed by atoms with Gasteiger partial charge in [0.15, 0.2) is 5.15 Å². The average Bonchev–Trinajstić information content (AvgIpc) is 2.84. The first kappa shape index (κ1) is 11.9. The lowest BCUT2D eigenvalue weighted by atomic mass is 10.1. The van der Waals surface area contributed by atoms with E-state index in [1.54, 1.807) is 0 Å². The highest BCUT2D eigenvalue weighted by atomic mass is 35.5. The van der Waals surface area contributed by atoms with Gasteiger partial charge in [-0.25, -0.2) is 0 Å². The van der Waals surface area contributed by atoms with Gasteiger partial charge in [-0.3, -0.25) is 0 Å². The molecular formula is C15H12ClN3. The lowest BCUT2D eigenvalue weighted by Crippen LogP contribution is -1.91. The van der Waals surface area contributed by atoms with Gasteiger partial charge in [-0.2, -0.15) is 0 Å². The summed E-state index contributed by atoms with van der Waals surface area (Å²) in [6, 6.07) is 11.9.